The first kappa shape index (κ1) is 4.96. The van der Waals surface area contributed by atoms with E-state index in [4.69, 9.17) is 0 Å². The van der Waals surface area contributed by atoms with E-state index in [2.05, 4.69) is 5.32 Å². The van der Waals surface area contributed by atoms with Gasteiger partial charge in [0.15, 0.2) is 0 Å². The summed E-state index contributed by atoms with van der Waals surface area (Å²) in [5.74, 6) is -2.35. The third-order valence-corrected chi connectivity index (χ3v) is 0.869. The molecule has 1 N–H and O–H groups in total. The Kier molecular flexibility index (Phi) is 0.865. The lowest BCUT2D eigenvalue weighted by Crippen LogP contribution is -2.18. The van der Waals surface area contributed by atoms with Gasteiger partial charge in [0, 0.05) is 0 Å². The first-order chi connectivity index (χ1) is 3.72. The molecule has 0 spiro atoms. The summed E-state index contributed by atoms with van der Waals surface area (Å²) in [5, 5.41) is 2.08. The lowest BCUT2D eigenvalue weighted by Gasteiger charge is -1.76. The highest BCUT2D eigenvalue weighted by Crippen LogP contribution is 1.84. The Labute approximate surface area is 44.9 Å². The van der Waals surface area contributed by atoms with Crippen LogP contribution < -0.4 is 5.32 Å². The van der Waals surface area contributed by atoms with Crippen LogP contribution in [0.2, 0.25) is 0 Å². The lowest BCUT2D eigenvalue weighted by molar-refractivity contribution is -0.140. The number of nitrogens with one attached hydrogen (secondary N) is 1. The number of Topliss-reactive ketones (excluding diaryl/α,β-unsaturated/α-hetero) is 2. The molecule has 8 heavy (non-hydrogen) atoms. The summed E-state index contributed by atoms with van der Waals surface area (Å²) in [4.78, 5) is 30.4. The van der Waals surface area contributed by atoms with Gasteiger partial charge in [-0.2, -0.15) is 0 Å². The van der Waals surface area contributed by atoms with Gasteiger partial charge in [-0.3, -0.25) is 14.4 Å². The largest absolute Gasteiger partial charge is 0.341 e. The molecular formula is C4H3NO3. The smallest absolute Gasteiger partial charge is 0.296 e. The standard InChI is InChI=1S/C4H3NO3/c6-2-1-5-4(8)3(2)7/h1H2,(H,5,8). The summed E-state index contributed by atoms with van der Waals surface area (Å²) in [6, 6.07) is 0. The summed E-state index contributed by atoms with van der Waals surface area (Å²) in [6.07, 6.45) is 0. The molecule has 1 rings (SSSR count). The molecule has 1 aliphatic rings. The molecule has 4 heteroatoms. The van der Waals surface area contributed by atoms with Crippen molar-refractivity contribution in [1.29, 1.82) is 0 Å². The normalized spacial score (nSPS) is 19.2. The molecule has 1 saturated heterocycles. The van der Waals surface area contributed by atoms with Crippen LogP contribution in [-0.2, 0) is 14.4 Å². The van der Waals surface area contributed by atoms with Crippen molar-refractivity contribution in [1.82, 2.24) is 5.32 Å². The van der Waals surface area contributed by atoms with Gasteiger partial charge in [-0.1, -0.05) is 0 Å². The summed E-state index contributed by atoms with van der Waals surface area (Å²) in [5.41, 5.74) is 0. The minimum Gasteiger partial charge on any atom is -0.341 e. The Balaban J connectivity index is 2.86. The van der Waals surface area contributed by atoms with E-state index in [1.165, 1.54) is 0 Å². The predicted molar refractivity (Wildman–Crippen MR) is 23.0 cm³/mol. The molecule has 0 aromatic heterocycles. The van der Waals surface area contributed by atoms with E-state index in [1.807, 2.05) is 0 Å². The molecule has 0 aliphatic carbocycles. The van der Waals surface area contributed by atoms with Gasteiger partial charge in [-0.05, 0) is 0 Å². The van der Waals surface area contributed by atoms with Gasteiger partial charge in [-0.25, -0.2) is 0 Å². The zero-order valence-corrected chi connectivity index (χ0v) is 3.93. The van der Waals surface area contributed by atoms with Gasteiger partial charge in [0.2, 0.25) is 5.78 Å². The van der Waals surface area contributed by atoms with Gasteiger partial charge >= 0.3 is 0 Å². The number of rotatable bonds is 0. The molecule has 0 unspecified atom stereocenters. The van der Waals surface area contributed by atoms with Crippen molar-refractivity contribution in [2.24, 2.45) is 0 Å². The van der Waals surface area contributed by atoms with Crippen molar-refractivity contribution in [2.75, 3.05) is 6.54 Å². The van der Waals surface area contributed by atoms with E-state index in [-0.39, 0.29) is 6.54 Å². The van der Waals surface area contributed by atoms with Crippen molar-refractivity contribution >= 4 is 17.5 Å². The summed E-state index contributed by atoms with van der Waals surface area (Å²) < 4.78 is 0. The Morgan fingerprint density at radius 3 is 2.00 bits per heavy atom. The first-order valence-corrected chi connectivity index (χ1v) is 2.07. The average molecular weight is 113 g/mol. The van der Waals surface area contributed by atoms with Crippen LogP contribution in [0.1, 0.15) is 0 Å². The second-order valence-corrected chi connectivity index (χ2v) is 1.43. The van der Waals surface area contributed by atoms with Crippen LogP contribution in [0, 0.1) is 0 Å². The van der Waals surface area contributed by atoms with Crippen LogP contribution in [0.5, 0.6) is 0 Å². The summed E-state index contributed by atoms with van der Waals surface area (Å²) in [7, 11) is 0. The van der Waals surface area contributed by atoms with Crippen LogP contribution in [-0.4, -0.2) is 24.0 Å². The van der Waals surface area contributed by atoms with E-state index in [0.29, 0.717) is 0 Å². The summed E-state index contributed by atoms with van der Waals surface area (Å²) in [6.45, 7) is -0.127. The van der Waals surface area contributed by atoms with Gasteiger partial charge in [0.05, 0.1) is 6.54 Å². The zero-order chi connectivity index (χ0) is 6.15. The van der Waals surface area contributed by atoms with Crippen LogP contribution in [0.15, 0.2) is 0 Å². The predicted octanol–water partition coefficient (Wildman–Crippen LogP) is -1.75. The fourth-order valence-electron chi connectivity index (χ4n) is 0.448. The number of ketones is 2. The highest BCUT2D eigenvalue weighted by molar-refractivity contribution is 6.66. The Bertz CT molecular complexity index is 154. The van der Waals surface area contributed by atoms with Crippen LogP contribution in [0.25, 0.3) is 0 Å². The lowest BCUT2D eigenvalue weighted by atomic mass is 10.3. The minimum absolute atomic E-state index is 0.127. The molecule has 4 nitrogen and oxygen atoms in total. The first-order valence-electron chi connectivity index (χ1n) is 2.07. The molecule has 0 radical (unpaired) electrons. The van der Waals surface area contributed by atoms with E-state index in [9.17, 15) is 14.4 Å². The van der Waals surface area contributed by atoms with Gasteiger partial charge < -0.3 is 5.32 Å². The summed E-state index contributed by atoms with van der Waals surface area (Å²) >= 11 is 0. The number of hydrogen-bond donors (Lipinski definition) is 1. The quantitative estimate of drug-likeness (QED) is 0.379. The number of amides is 1. The van der Waals surface area contributed by atoms with Crippen molar-refractivity contribution in [3.63, 3.8) is 0 Å². The monoisotopic (exact) mass is 113 g/mol. The third kappa shape index (κ3) is 0.501. The molecule has 0 saturated carbocycles. The number of carbonyl (C=O) groups is 3. The van der Waals surface area contributed by atoms with Gasteiger partial charge in [-0.15, -0.1) is 0 Å². The zero-order valence-electron chi connectivity index (χ0n) is 3.93. The average Bonchev–Trinajstić information content (AvgIpc) is 1.98. The molecule has 0 atom stereocenters. The van der Waals surface area contributed by atoms with Crippen molar-refractivity contribution in [3.05, 3.63) is 0 Å². The fraction of sp³-hybridized carbons (Fsp3) is 0.250. The minimum atomic E-state index is -0.926. The van der Waals surface area contributed by atoms with E-state index >= 15 is 0 Å². The van der Waals surface area contributed by atoms with Crippen molar-refractivity contribution < 1.29 is 14.4 Å². The van der Waals surface area contributed by atoms with Crippen molar-refractivity contribution in [3.8, 4) is 0 Å². The Hall–Kier alpha value is -1.19. The number of hydrogen-bond acceptors (Lipinski definition) is 3. The molecule has 1 fully saturated rings. The highest BCUT2D eigenvalue weighted by Gasteiger charge is 2.29. The third-order valence-electron chi connectivity index (χ3n) is 0.869. The fourth-order valence-corrected chi connectivity index (χ4v) is 0.448. The highest BCUT2D eigenvalue weighted by atomic mass is 16.2. The number of carbonyl (C=O) groups excluding carboxylic acids is 3. The van der Waals surface area contributed by atoms with Crippen LogP contribution in [0.4, 0.5) is 0 Å². The second kappa shape index (κ2) is 1.40. The molecule has 1 amide bonds. The molecule has 0 aromatic carbocycles. The molecule has 0 aromatic rings. The van der Waals surface area contributed by atoms with Gasteiger partial charge in [0.1, 0.15) is 0 Å². The van der Waals surface area contributed by atoms with Crippen LogP contribution >= 0.6 is 0 Å². The Morgan fingerprint density at radius 1 is 1.25 bits per heavy atom. The molecule has 0 bridgehead atoms. The Morgan fingerprint density at radius 2 is 1.88 bits per heavy atom. The van der Waals surface area contributed by atoms with Crippen molar-refractivity contribution in [2.45, 2.75) is 0 Å². The van der Waals surface area contributed by atoms with E-state index in [1.54, 1.807) is 0 Å². The maximum absolute atomic E-state index is 10.2. The molecule has 1 heterocycles. The molecular weight excluding hydrogens is 110 g/mol. The van der Waals surface area contributed by atoms with Gasteiger partial charge in [0.25, 0.3) is 11.7 Å². The second-order valence-electron chi connectivity index (χ2n) is 1.43. The van der Waals surface area contributed by atoms with Crippen LogP contribution in [0.3, 0.4) is 0 Å². The molecule has 42 valence electrons. The topological polar surface area (TPSA) is 63.2 Å². The maximum atomic E-state index is 10.2. The SMILES string of the molecule is O=C1CNC(=O)C1=O. The van der Waals surface area contributed by atoms with E-state index < -0.39 is 17.5 Å². The maximum Gasteiger partial charge on any atom is 0.296 e. The van der Waals surface area contributed by atoms with E-state index in [0.717, 1.165) is 0 Å². The molecule has 1 aliphatic heterocycles.